The molecule has 1 aromatic heterocycles. The van der Waals surface area contributed by atoms with Gasteiger partial charge in [-0.05, 0) is 36.1 Å². The molecule has 1 saturated heterocycles. The van der Waals surface area contributed by atoms with Crippen molar-refractivity contribution in [1.82, 2.24) is 14.9 Å². The lowest BCUT2D eigenvalue weighted by molar-refractivity contribution is -0.111. The van der Waals surface area contributed by atoms with Crippen LogP contribution < -0.4 is 5.32 Å². The van der Waals surface area contributed by atoms with Gasteiger partial charge in [-0.15, -0.1) is 0 Å². The van der Waals surface area contributed by atoms with Gasteiger partial charge in [-0.3, -0.25) is 4.79 Å². The van der Waals surface area contributed by atoms with Crippen LogP contribution in [-0.4, -0.2) is 46.6 Å². The summed E-state index contributed by atoms with van der Waals surface area (Å²) in [6.45, 7) is 4.66. The second-order valence-corrected chi connectivity index (χ2v) is 8.91. The zero-order chi connectivity index (χ0) is 20.2. The summed E-state index contributed by atoms with van der Waals surface area (Å²) < 4.78 is 5.30. The molecule has 2 aliphatic heterocycles. The van der Waals surface area contributed by atoms with E-state index in [0.29, 0.717) is 48.4 Å². The summed E-state index contributed by atoms with van der Waals surface area (Å²) in [5.41, 5.74) is 4.11. The molecule has 0 spiro atoms. The zero-order valence-electron chi connectivity index (χ0n) is 16.0. The average molecular weight is 410 g/mol. The lowest BCUT2D eigenvalue weighted by Crippen LogP contribution is -2.48. The number of nitriles is 1. The highest BCUT2D eigenvalue weighted by Crippen LogP contribution is 2.32. The second kappa shape index (κ2) is 6.68. The first kappa shape index (κ1) is 18.3. The van der Waals surface area contributed by atoms with Gasteiger partial charge in [0.1, 0.15) is 0 Å². The molecule has 1 atom stereocenters. The normalized spacial score (nSPS) is 21.3. The highest BCUT2D eigenvalue weighted by Gasteiger charge is 2.40. The Balaban J connectivity index is 1.30. The number of aromatic nitrogens is 2. The van der Waals surface area contributed by atoms with Crippen LogP contribution in [0.15, 0.2) is 18.3 Å². The van der Waals surface area contributed by atoms with Crippen LogP contribution in [0.4, 0.5) is 5.95 Å². The quantitative estimate of drug-likeness (QED) is 0.834. The van der Waals surface area contributed by atoms with Gasteiger partial charge in [0, 0.05) is 29.2 Å². The second-order valence-electron chi connectivity index (χ2n) is 8.47. The summed E-state index contributed by atoms with van der Waals surface area (Å²) in [5.74, 6) is 0.500. The number of benzene rings is 1. The van der Waals surface area contributed by atoms with E-state index in [1.54, 1.807) is 12.3 Å². The molecule has 1 amide bonds. The van der Waals surface area contributed by atoms with E-state index in [4.69, 9.17) is 16.3 Å². The lowest BCUT2D eigenvalue weighted by atomic mass is 9.88. The Morgan fingerprint density at radius 3 is 2.97 bits per heavy atom. The molecule has 0 radical (unpaired) electrons. The SMILES string of the molecule is CC1(CN2Cc3nc(N[C@H]4Cc5cc(Cl)cc(C#N)c5C4)ncc3C2=O)COC1. The Kier molecular flexibility index (Phi) is 4.23. The first-order valence-electron chi connectivity index (χ1n) is 9.65. The molecule has 8 heteroatoms. The molecule has 0 saturated carbocycles. The number of nitrogens with zero attached hydrogens (tertiary/aromatic N) is 4. The van der Waals surface area contributed by atoms with Crippen LogP contribution in [0.5, 0.6) is 0 Å². The van der Waals surface area contributed by atoms with Crippen LogP contribution in [0.1, 0.15) is 39.7 Å². The predicted molar refractivity (Wildman–Crippen MR) is 107 cm³/mol. The molecule has 1 aliphatic carbocycles. The highest BCUT2D eigenvalue weighted by atomic mass is 35.5. The summed E-state index contributed by atoms with van der Waals surface area (Å²) in [7, 11) is 0. The summed E-state index contributed by atoms with van der Waals surface area (Å²) >= 11 is 6.13. The van der Waals surface area contributed by atoms with Crippen molar-refractivity contribution in [3.63, 3.8) is 0 Å². The van der Waals surface area contributed by atoms with Crippen molar-refractivity contribution in [2.45, 2.75) is 32.4 Å². The van der Waals surface area contributed by atoms with Crippen molar-refractivity contribution in [3.05, 3.63) is 51.3 Å². The number of hydrogen-bond donors (Lipinski definition) is 1. The minimum Gasteiger partial charge on any atom is -0.380 e. The number of ether oxygens (including phenoxy) is 1. The van der Waals surface area contributed by atoms with Gasteiger partial charge in [-0.25, -0.2) is 9.97 Å². The lowest BCUT2D eigenvalue weighted by Gasteiger charge is -2.40. The van der Waals surface area contributed by atoms with Gasteiger partial charge in [-0.1, -0.05) is 18.5 Å². The van der Waals surface area contributed by atoms with Crippen molar-refractivity contribution >= 4 is 23.5 Å². The van der Waals surface area contributed by atoms with Crippen LogP contribution in [0.3, 0.4) is 0 Å². The topological polar surface area (TPSA) is 91.1 Å². The van der Waals surface area contributed by atoms with Crippen LogP contribution in [0, 0.1) is 16.7 Å². The van der Waals surface area contributed by atoms with E-state index in [9.17, 15) is 10.1 Å². The van der Waals surface area contributed by atoms with Gasteiger partial charge in [-0.2, -0.15) is 5.26 Å². The predicted octanol–water partition coefficient (Wildman–Crippen LogP) is 2.57. The van der Waals surface area contributed by atoms with E-state index < -0.39 is 0 Å². The fourth-order valence-electron chi connectivity index (χ4n) is 4.42. The Morgan fingerprint density at radius 2 is 2.24 bits per heavy atom. The van der Waals surface area contributed by atoms with Gasteiger partial charge >= 0.3 is 0 Å². The Morgan fingerprint density at radius 1 is 1.41 bits per heavy atom. The standard InChI is InChI=1S/C21H20ClN5O2/c1-21(10-29-11-21)9-27-8-18-17(19(27)28)7-24-20(26-18)25-15-4-12-2-14(22)3-13(6-23)16(12)5-15/h2-3,7,15H,4-5,8-11H2,1H3,(H,24,25,26)/t15-/m0/s1. The smallest absolute Gasteiger partial charge is 0.257 e. The molecule has 0 unspecified atom stereocenters. The first-order chi connectivity index (χ1) is 13.9. The Labute approximate surface area is 173 Å². The molecular formula is C21H20ClN5O2. The molecule has 0 bridgehead atoms. The number of carbonyl (C=O) groups is 1. The first-order valence-corrected chi connectivity index (χ1v) is 10.0. The average Bonchev–Trinajstić information content (AvgIpc) is 3.20. The molecular weight excluding hydrogens is 390 g/mol. The maximum atomic E-state index is 12.7. The summed E-state index contributed by atoms with van der Waals surface area (Å²) in [4.78, 5) is 23.5. The van der Waals surface area contributed by atoms with Crippen molar-refractivity contribution in [2.24, 2.45) is 5.41 Å². The molecule has 1 aromatic carbocycles. The van der Waals surface area contributed by atoms with Crippen LogP contribution >= 0.6 is 11.6 Å². The number of fused-ring (bicyclic) bond motifs is 2. The third-order valence-corrected chi connectivity index (χ3v) is 6.10. The molecule has 1 N–H and O–H groups in total. The molecule has 5 rings (SSSR count). The summed E-state index contributed by atoms with van der Waals surface area (Å²) in [5, 5.41) is 13.3. The van der Waals surface area contributed by atoms with E-state index >= 15 is 0 Å². The van der Waals surface area contributed by atoms with Gasteiger partial charge in [0.2, 0.25) is 5.95 Å². The van der Waals surface area contributed by atoms with Gasteiger partial charge in [0.05, 0.1) is 42.6 Å². The third-order valence-electron chi connectivity index (χ3n) is 5.88. The number of amides is 1. The maximum absolute atomic E-state index is 12.7. The van der Waals surface area contributed by atoms with Gasteiger partial charge in [0.15, 0.2) is 0 Å². The molecule has 1 fully saturated rings. The van der Waals surface area contributed by atoms with Crippen LogP contribution in [0.2, 0.25) is 5.02 Å². The Bertz CT molecular complexity index is 1060. The van der Waals surface area contributed by atoms with E-state index in [-0.39, 0.29) is 17.4 Å². The van der Waals surface area contributed by atoms with E-state index in [1.165, 1.54) is 0 Å². The molecule has 2 aromatic rings. The highest BCUT2D eigenvalue weighted by molar-refractivity contribution is 6.30. The molecule has 148 valence electrons. The van der Waals surface area contributed by atoms with E-state index in [1.807, 2.05) is 11.0 Å². The van der Waals surface area contributed by atoms with Crippen LogP contribution in [0.25, 0.3) is 0 Å². The number of halogens is 1. The molecule has 7 nitrogen and oxygen atoms in total. The van der Waals surface area contributed by atoms with Gasteiger partial charge < -0.3 is 15.0 Å². The number of anilines is 1. The molecule has 3 heterocycles. The number of carbonyl (C=O) groups excluding carboxylic acids is 1. The van der Waals surface area contributed by atoms with E-state index in [0.717, 1.165) is 29.7 Å². The maximum Gasteiger partial charge on any atom is 0.257 e. The van der Waals surface area contributed by atoms with Gasteiger partial charge in [0.25, 0.3) is 5.91 Å². The number of nitrogens with one attached hydrogen (secondary N) is 1. The fourth-order valence-corrected chi connectivity index (χ4v) is 4.66. The van der Waals surface area contributed by atoms with Crippen molar-refractivity contribution < 1.29 is 9.53 Å². The zero-order valence-corrected chi connectivity index (χ0v) is 16.8. The van der Waals surface area contributed by atoms with E-state index in [2.05, 4.69) is 28.3 Å². The largest absolute Gasteiger partial charge is 0.380 e. The monoisotopic (exact) mass is 409 g/mol. The molecule has 3 aliphatic rings. The van der Waals surface area contributed by atoms with Crippen LogP contribution in [-0.2, 0) is 24.1 Å². The third kappa shape index (κ3) is 3.22. The number of hydrogen-bond acceptors (Lipinski definition) is 6. The minimum atomic E-state index is -0.0127. The summed E-state index contributed by atoms with van der Waals surface area (Å²) in [6, 6.07) is 5.95. The Hall–Kier alpha value is -2.69. The van der Waals surface area contributed by atoms with Crippen molar-refractivity contribution in [3.8, 4) is 6.07 Å². The van der Waals surface area contributed by atoms with Crippen molar-refractivity contribution in [2.75, 3.05) is 25.1 Å². The fraction of sp³-hybridized carbons (Fsp3) is 0.429. The van der Waals surface area contributed by atoms with Crippen molar-refractivity contribution in [1.29, 1.82) is 5.26 Å². The summed E-state index contributed by atoms with van der Waals surface area (Å²) in [6.07, 6.45) is 3.10. The minimum absolute atomic E-state index is 0.0127. The number of rotatable bonds is 4. The molecule has 29 heavy (non-hydrogen) atoms.